The van der Waals surface area contributed by atoms with Gasteiger partial charge in [0.15, 0.2) is 0 Å². The van der Waals surface area contributed by atoms with E-state index < -0.39 is 0 Å². The number of nitrogens with one attached hydrogen (secondary N) is 2. The van der Waals surface area contributed by atoms with Crippen LogP contribution >= 0.6 is 0 Å². The fraction of sp³-hybridized carbons (Fsp3) is 1.00. The van der Waals surface area contributed by atoms with E-state index in [1.54, 1.807) is 7.05 Å². The fourth-order valence-corrected chi connectivity index (χ4v) is 0.0833. The molecule has 0 unspecified atom stereocenters. The second kappa shape index (κ2) is 4.84. The summed E-state index contributed by atoms with van der Waals surface area (Å²) in [7, 11) is 3.07. The SMILES string of the molecule is CNONOC. The quantitative estimate of drug-likeness (QED) is 0.353. The third-order valence-corrected chi connectivity index (χ3v) is 0.227. The molecule has 0 radical (unpaired) electrons. The first-order chi connectivity index (χ1) is 2.91. The summed E-state index contributed by atoms with van der Waals surface area (Å²) in [6, 6.07) is 0. The van der Waals surface area contributed by atoms with Gasteiger partial charge in [-0.1, -0.05) is 5.64 Å². The molecule has 0 bridgehead atoms. The van der Waals surface area contributed by atoms with Crippen molar-refractivity contribution < 1.29 is 9.78 Å². The third-order valence-electron chi connectivity index (χ3n) is 0.227. The van der Waals surface area contributed by atoms with E-state index in [2.05, 4.69) is 20.9 Å². The molecule has 2 N–H and O–H groups in total. The van der Waals surface area contributed by atoms with E-state index in [9.17, 15) is 0 Å². The van der Waals surface area contributed by atoms with Gasteiger partial charge in [0.05, 0.1) is 7.11 Å². The van der Waals surface area contributed by atoms with Gasteiger partial charge >= 0.3 is 0 Å². The Morgan fingerprint density at radius 1 is 1.50 bits per heavy atom. The lowest BCUT2D eigenvalue weighted by atomic mass is 11.6. The van der Waals surface area contributed by atoms with Crippen molar-refractivity contribution in [2.75, 3.05) is 14.2 Å². The zero-order valence-corrected chi connectivity index (χ0v) is 3.82. The van der Waals surface area contributed by atoms with Crippen molar-refractivity contribution in [3.8, 4) is 0 Å². The lowest BCUT2D eigenvalue weighted by Crippen LogP contribution is -2.20. The molecule has 0 aliphatic carbocycles. The number of hydrogen-bond acceptors (Lipinski definition) is 4. The van der Waals surface area contributed by atoms with Gasteiger partial charge in [-0.25, -0.2) is 0 Å². The number of hydroxylamine groups is 1. The lowest BCUT2D eigenvalue weighted by Gasteiger charge is -1.95. The maximum absolute atomic E-state index is 4.26. The lowest BCUT2D eigenvalue weighted by molar-refractivity contribution is -0.186. The average molecular weight is 92.1 g/mol. The molecule has 0 amide bonds. The summed E-state index contributed by atoms with van der Waals surface area (Å²) in [6.45, 7) is 0. The topological polar surface area (TPSA) is 42.5 Å². The minimum absolute atomic E-state index is 1.46. The van der Waals surface area contributed by atoms with Crippen molar-refractivity contribution >= 4 is 0 Å². The van der Waals surface area contributed by atoms with Crippen molar-refractivity contribution in [3.05, 3.63) is 0 Å². The molecule has 0 aliphatic heterocycles. The Bertz CT molecular complexity index is 21.5. The van der Waals surface area contributed by atoms with Crippen LogP contribution in [0.3, 0.4) is 0 Å². The van der Waals surface area contributed by atoms with Gasteiger partial charge in [0.1, 0.15) is 0 Å². The van der Waals surface area contributed by atoms with Crippen molar-refractivity contribution in [2.24, 2.45) is 0 Å². The molecule has 0 aliphatic rings. The zero-order chi connectivity index (χ0) is 4.83. The van der Waals surface area contributed by atoms with Gasteiger partial charge in [0.25, 0.3) is 0 Å². The van der Waals surface area contributed by atoms with Gasteiger partial charge in [-0.2, -0.15) is 10.4 Å². The first-order valence-corrected chi connectivity index (χ1v) is 1.52. The van der Waals surface area contributed by atoms with E-state index in [4.69, 9.17) is 0 Å². The van der Waals surface area contributed by atoms with Crippen LogP contribution in [0.4, 0.5) is 0 Å². The molecule has 0 aromatic rings. The normalized spacial score (nSPS) is 9.00. The highest BCUT2D eigenvalue weighted by Gasteiger charge is 1.66. The molecule has 38 valence electrons. The van der Waals surface area contributed by atoms with Gasteiger partial charge in [0, 0.05) is 7.05 Å². The largest absolute Gasteiger partial charge is 0.279 e. The van der Waals surface area contributed by atoms with E-state index in [0.29, 0.717) is 0 Å². The summed E-state index contributed by atoms with van der Waals surface area (Å²) >= 11 is 0. The first-order valence-electron chi connectivity index (χ1n) is 1.52. The summed E-state index contributed by atoms with van der Waals surface area (Å²) in [5, 5.41) is 0. The molecule has 4 heteroatoms. The van der Waals surface area contributed by atoms with Gasteiger partial charge < -0.3 is 0 Å². The first kappa shape index (κ1) is 5.84. The molecule has 0 atom stereocenters. The molecule has 0 saturated carbocycles. The molecule has 0 saturated heterocycles. The molecule has 0 heterocycles. The second-order valence-corrected chi connectivity index (χ2v) is 0.594. The summed E-state index contributed by atoms with van der Waals surface area (Å²) in [5.41, 5.74) is 4.42. The maximum Gasteiger partial charge on any atom is 0.0599 e. The Morgan fingerprint density at radius 2 is 2.17 bits per heavy atom. The highest BCUT2D eigenvalue weighted by molar-refractivity contribution is 3.76. The van der Waals surface area contributed by atoms with E-state index in [1.807, 2.05) is 0 Å². The van der Waals surface area contributed by atoms with Crippen LogP contribution in [0.1, 0.15) is 0 Å². The van der Waals surface area contributed by atoms with E-state index in [1.165, 1.54) is 7.11 Å². The van der Waals surface area contributed by atoms with Gasteiger partial charge in [-0.05, 0) is 0 Å². The van der Waals surface area contributed by atoms with Crippen LogP contribution in [0.2, 0.25) is 0 Å². The Labute approximate surface area is 36.3 Å². The number of rotatable bonds is 3. The van der Waals surface area contributed by atoms with E-state index in [-0.39, 0.29) is 0 Å². The number of hydrogen-bond donors (Lipinski definition) is 2. The minimum Gasteiger partial charge on any atom is -0.279 e. The molecular formula is C2H8N2O2. The molecule has 0 aromatic heterocycles. The van der Waals surface area contributed by atoms with Crippen LogP contribution in [0.15, 0.2) is 0 Å². The second-order valence-electron chi connectivity index (χ2n) is 0.594. The van der Waals surface area contributed by atoms with Gasteiger partial charge in [-0.15, -0.1) is 0 Å². The van der Waals surface area contributed by atoms with Crippen LogP contribution in [0, 0.1) is 0 Å². The van der Waals surface area contributed by atoms with Crippen LogP contribution in [-0.4, -0.2) is 14.2 Å². The Hall–Kier alpha value is -0.160. The smallest absolute Gasteiger partial charge is 0.0599 e. The Balaban J connectivity index is 2.34. The van der Waals surface area contributed by atoms with Crippen LogP contribution < -0.4 is 11.1 Å². The van der Waals surface area contributed by atoms with Crippen molar-refractivity contribution in [1.29, 1.82) is 0 Å². The van der Waals surface area contributed by atoms with E-state index >= 15 is 0 Å². The average Bonchev–Trinajstić information content (AvgIpc) is 1.61. The van der Waals surface area contributed by atoms with Crippen LogP contribution in [0.5, 0.6) is 0 Å². The highest BCUT2D eigenvalue weighted by atomic mass is 17.0. The van der Waals surface area contributed by atoms with Crippen molar-refractivity contribution in [3.63, 3.8) is 0 Å². The van der Waals surface area contributed by atoms with Gasteiger partial charge in [0.2, 0.25) is 0 Å². The molecule has 0 spiro atoms. The summed E-state index contributed by atoms with van der Waals surface area (Å²) in [6.07, 6.45) is 0. The molecular weight excluding hydrogens is 84.0 g/mol. The summed E-state index contributed by atoms with van der Waals surface area (Å²) in [4.78, 5) is 8.51. The molecule has 0 fully saturated rings. The maximum atomic E-state index is 4.26. The Kier molecular flexibility index (Phi) is 4.71. The Morgan fingerprint density at radius 3 is 2.33 bits per heavy atom. The highest BCUT2D eigenvalue weighted by Crippen LogP contribution is 1.47. The van der Waals surface area contributed by atoms with Gasteiger partial charge in [-0.3, -0.25) is 4.84 Å². The fourth-order valence-electron chi connectivity index (χ4n) is 0.0833. The predicted octanol–water partition coefficient (Wildman–Crippen LogP) is -0.797. The van der Waals surface area contributed by atoms with Crippen molar-refractivity contribution in [2.45, 2.75) is 0 Å². The molecule has 0 rings (SSSR count). The minimum atomic E-state index is 1.46. The zero-order valence-electron chi connectivity index (χ0n) is 3.82. The van der Waals surface area contributed by atoms with Crippen molar-refractivity contribution in [1.82, 2.24) is 11.1 Å². The standard InChI is InChI=1S/C2H8N2O2/c1-3-6-4-5-2/h3-4H,1-2H3. The predicted molar refractivity (Wildman–Crippen MR) is 20.3 cm³/mol. The van der Waals surface area contributed by atoms with Crippen LogP contribution in [-0.2, 0) is 9.78 Å². The van der Waals surface area contributed by atoms with Crippen LogP contribution in [0.25, 0.3) is 0 Å². The summed E-state index contributed by atoms with van der Waals surface area (Å²) < 4.78 is 0. The monoisotopic (exact) mass is 92.1 g/mol. The van der Waals surface area contributed by atoms with E-state index in [0.717, 1.165) is 0 Å². The summed E-state index contributed by atoms with van der Waals surface area (Å²) in [5.74, 6) is 0. The molecule has 4 nitrogen and oxygen atoms in total. The third kappa shape index (κ3) is 3.84. The molecule has 0 aromatic carbocycles. The molecule has 6 heavy (non-hydrogen) atoms.